The van der Waals surface area contributed by atoms with Crippen LogP contribution in [-0.4, -0.2) is 50.0 Å². The Morgan fingerprint density at radius 1 is 1.18 bits per heavy atom. The lowest BCUT2D eigenvalue weighted by Gasteiger charge is -2.12. The maximum absolute atomic E-state index is 12.8. The summed E-state index contributed by atoms with van der Waals surface area (Å²) in [5.74, 6) is -1.89. The molecule has 3 aromatic rings. The number of sulfone groups is 1. The van der Waals surface area contributed by atoms with Gasteiger partial charge in [-0.05, 0) is 50.3 Å². The van der Waals surface area contributed by atoms with E-state index in [1.807, 2.05) is 0 Å². The van der Waals surface area contributed by atoms with Gasteiger partial charge in [-0.3, -0.25) is 4.79 Å². The molecule has 1 amide bonds. The largest absolute Gasteiger partial charge is 0.496 e. The van der Waals surface area contributed by atoms with Crippen molar-refractivity contribution in [1.82, 2.24) is 10.2 Å². The number of carbonyl (C=O) groups is 2. The second-order valence-electron chi connectivity index (χ2n) is 7.52. The number of methoxy groups -OCH3 is 1. The van der Waals surface area contributed by atoms with Gasteiger partial charge >= 0.3 is 11.2 Å². The molecule has 0 aliphatic heterocycles. The van der Waals surface area contributed by atoms with Crippen LogP contribution in [0, 0.1) is 0 Å². The lowest BCUT2D eigenvalue weighted by atomic mass is 9.95. The van der Waals surface area contributed by atoms with Crippen molar-refractivity contribution >= 4 is 38.1 Å². The predicted octanol–water partition coefficient (Wildman–Crippen LogP) is 3.27. The van der Waals surface area contributed by atoms with Crippen molar-refractivity contribution in [2.45, 2.75) is 37.8 Å². The lowest BCUT2D eigenvalue weighted by molar-refractivity contribution is -0.113. The highest BCUT2D eigenvalue weighted by Crippen LogP contribution is 2.38. The number of fused-ring (bicyclic) bond motifs is 1. The Kier molecular flexibility index (Phi) is 6.98. The second-order valence-corrected chi connectivity index (χ2v) is 10.5. The van der Waals surface area contributed by atoms with Crippen LogP contribution in [0.2, 0.25) is 0 Å². The van der Waals surface area contributed by atoms with Crippen LogP contribution in [0.1, 0.15) is 40.6 Å². The van der Waals surface area contributed by atoms with E-state index in [9.17, 15) is 18.0 Å². The third kappa shape index (κ3) is 4.82. The van der Waals surface area contributed by atoms with E-state index < -0.39 is 32.7 Å². The van der Waals surface area contributed by atoms with Gasteiger partial charge in [0.15, 0.2) is 0 Å². The van der Waals surface area contributed by atoms with Crippen molar-refractivity contribution in [3.63, 3.8) is 0 Å². The van der Waals surface area contributed by atoms with Crippen LogP contribution in [-0.2, 0) is 32.2 Å². The topological polar surface area (TPSA) is 138 Å². The molecule has 0 unspecified atom stereocenters. The molecule has 2 aromatic heterocycles. The molecule has 10 nitrogen and oxygen atoms in total. The van der Waals surface area contributed by atoms with E-state index in [1.54, 1.807) is 31.2 Å². The van der Waals surface area contributed by atoms with Crippen molar-refractivity contribution in [3.8, 4) is 17.2 Å². The van der Waals surface area contributed by atoms with E-state index in [1.165, 1.54) is 18.4 Å². The molecule has 0 bridgehead atoms. The molecular weight excluding hydrogens is 482 g/mol. The summed E-state index contributed by atoms with van der Waals surface area (Å²) < 4.78 is 41.3. The number of ether oxygens (including phenoxy) is 2. The number of para-hydroxylation sites is 1. The number of esters is 1. The van der Waals surface area contributed by atoms with Gasteiger partial charge in [0.2, 0.25) is 15.7 Å². The number of hydrogen-bond donors (Lipinski definition) is 1. The fraction of sp³-hybridized carbons (Fsp3) is 0.364. The summed E-state index contributed by atoms with van der Waals surface area (Å²) in [4.78, 5) is 26.2. The minimum Gasteiger partial charge on any atom is -0.496 e. The summed E-state index contributed by atoms with van der Waals surface area (Å²) in [6.45, 7) is 1.89. The summed E-state index contributed by atoms with van der Waals surface area (Å²) in [6, 6.07) is 6.77. The summed E-state index contributed by atoms with van der Waals surface area (Å²) in [6.07, 6.45) is 3.43. The Morgan fingerprint density at radius 2 is 1.94 bits per heavy atom. The quantitative estimate of drug-likeness (QED) is 0.457. The smallest absolute Gasteiger partial charge is 0.341 e. The van der Waals surface area contributed by atoms with Gasteiger partial charge in [-0.25, -0.2) is 13.2 Å². The van der Waals surface area contributed by atoms with E-state index in [2.05, 4.69) is 15.5 Å². The van der Waals surface area contributed by atoms with Gasteiger partial charge in [-0.15, -0.1) is 16.4 Å². The number of rotatable bonds is 8. The van der Waals surface area contributed by atoms with Gasteiger partial charge in [0.1, 0.15) is 16.5 Å². The fourth-order valence-electron chi connectivity index (χ4n) is 3.74. The molecule has 0 fully saturated rings. The van der Waals surface area contributed by atoms with Gasteiger partial charge in [0.25, 0.3) is 5.89 Å². The van der Waals surface area contributed by atoms with Crippen LogP contribution in [0.3, 0.4) is 0 Å². The van der Waals surface area contributed by atoms with Crippen LogP contribution >= 0.6 is 11.3 Å². The molecule has 2 heterocycles. The highest BCUT2D eigenvalue weighted by atomic mass is 32.2. The van der Waals surface area contributed by atoms with Gasteiger partial charge in [-0.1, -0.05) is 17.2 Å². The molecule has 34 heavy (non-hydrogen) atoms. The first-order chi connectivity index (χ1) is 16.3. The van der Waals surface area contributed by atoms with E-state index in [-0.39, 0.29) is 12.5 Å². The normalized spacial score (nSPS) is 13.2. The summed E-state index contributed by atoms with van der Waals surface area (Å²) in [5, 5.41) is 9.59. The van der Waals surface area contributed by atoms with Gasteiger partial charge < -0.3 is 19.2 Å². The molecule has 12 heteroatoms. The number of aryl methyl sites for hydroxylation is 1. The minimum absolute atomic E-state index is 0.0491. The standard InChI is InChI=1S/C22H23N3O7S2/c1-3-31-21(27)18-14-9-5-7-11-16(14)33-20(18)23-17(26)12-34(28,29)22-25-24-19(32-22)13-8-4-6-10-15(13)30-2/h4,6,8,10H,3,5,7,9,11-12H2,1-2H3,(H,23,26). The van der Waals surface area contributed by atoms with E-state index in [4.69, 9.17) is 13.9 Å². The number of hydrogen-bond acceptors (Lipinski definition) is 10. The molecule has 0 saturated carbocycles. The third-order valence-corrected chi connectivity index (χ3v) is 7.78. The van der Waals surface area contributed by atoms with Crippen LogP contribution < -0.4 is 10.1 Å². The maximum Gasteiger partial charge on any atom is 0.341 e. The molecule has 4 rings (SSSR count). The van der Waals surface area contributed by atoms with E-state index >= 15 is 0 Å². The molecule has 1 aromatic carbocycles. The van der Waals surface area contributed by atoms with Gasteiger partial charge in [0, 0.05) is 4.88 Å². The van der Waals surface area contributed by atoms with E-state index in [0.29, 0.717) is 28.3 Å². The zero-order chi connectivity index (χ0) is 24.3. The molecule has 1 N–H and O–H groups in total. The van der Waals surface area contributed by atoms with Gasteiger partial charge in [0.05, 0.1) is 24.8 Å². The summed E-state index contributed by atoms with van der Waals surface area (Å²) in [7, 11) is -2.77. The second kappa shape index (κ2) is 9.94. The number of benzene rings is 1. The number of aromatic nitrogens is 2. The van der Waals surface area contributed by atoms with E-state index in [0.717, 1.165) is 29.7 Å². The average Bonchev–Trinajstić information content (AvgIpc) is 3.44. The zero-order valence-corrected chi connectivity index (χ0v) is 20.3. The Bertz CT molecular complexity index is 1330. The van der Waals surface area contributed by atoms with Crippen LogP contribution in [0.15, 0.2) is 33.9 Å². The maximum atomic E-state index is 12.8. The fourth-order valence-corrected chi connectivity index (χ4v) is 5.94. The Hall–Kier alpha value is -3.25. The van der Waals surface area contributed by atoms with Gasteiger partial charge in [-0.2, -0.15) is 0 Å². The van der Waals surface area contributed by atoms with Crippen molar-refractivity contribution in [3.05, 3.63) is 40.3 Å². The van der Waals surface area contributed by atoms with Crippen LogP contribution in [0.4, 0.5) is 5.00 Å². The summed E-state index contributed by atoms with van der Waals surface area (Å²) in [5.41, 5.74) is 1.60. The van der Waals surface area contributed by atoms with Crippen LogP contribution in [0.5, 0.6) is 5.75 Å². The number of amides is 1. The monoisotopic (exact) mass is 505 g/mol. The number of nitrogens with one attached hydrogen (secondary N) is 1. The first-order valence-electron chi connectivity index (χ1n) is 10.6. The highest BCUT2D eigenvalue weighted by molar-refractivity contribution is 7.91. The van der Waals surface area contributed by atoms with Crippen molar-refractivity contribution < 1.29 is 31.9 Å². The molecular formula is C22H23N3O7S2. The Morgan fingerprint density at radius 3 is 2.71 bits per heavy atom. The van der Waals surface area contributed by atoms with Crippen LogP contribution in [0.25, 0.3) is 11.5 Å². The molecule has 0 saturated heterocycles. The number of thiophene rings is 1. The lowest BCUT2D eigenvalue weighted by Crippen LogP contribution is -2.24. The molecule has 1 aliphatic carbocycles. The molecule has 0 radical (unpaired) electrons. The first kappa shape index (κ1) is 23.9. The third-order valence-electron chi connectivity index (χ3n) is 5.23. The van der Waals surface area contributed by atoms with Crippen molar-refractivity contribution in [2.75, 3.05) is 24.8 Å². The van der Waals surface area contributed by atoms with Crippen molar-refractivity contribution in [1.29, 1.82) is 0 Å². The predicted molar refractivity (Wildman–Crippen MR) is 124 cm³/mol. The molecule has 1 aliphatic rings. The number of anilines is 1. The highest BCUT2D eigenvalue weighted by Gasteiger charge is 2.30. The Balaban J connectivity index is 1.54. The first-order valence-corrected chi connectivity index (χ1v) is 13.1. The Labute approximate surface area is 200 Å². The molecule has 0 spiro atoms. The minimum atomic E-state index is -4.24. The number of nitrogens with zero attached hydrogens (tertiary/aromatic N) is 2. The molecule has 180 valence electrons. The SMILES string of the molecule is CCOC(=O)c1c(NC(=O)CS(=O)(=O)c2nnc(-c3ccccc3OC)o2)sc2c1CCCC2. The zero-order valence-electron chi connectivity index (χ0n) is 18.6. The average molecular weight is 506 g/mol. The molecule has 0 atom stereocenters. The number of carbonyl (C=O) groups excluding carboxylic acids is 2. The van der Waals surface area contributed by atoms with Crippen molar-refractivity contribution in [2.24, 2.45) is 0 Å². The summed E-state index contributed by atoms with van der Waals surface area (Å²) >= 11 is 1.28.